The predicted molar refractivity (Wildman–Crippen MR) is 46.3 cm³/mol. The van der Waals surface area contributed by atoms with E-state index in [1.165, 1.54) is 0 Å². The number of hydrogen-bond donors (Lipinski definition) is 1. The Balaban J connectivity index is 3.34. The van der Waals surface area contributed by atoms with Crippen molar-refractivity contribution in [3.05, 3.63) is 21.8 Å². The zero-order chi connectivity index (χ0) is 11.8. The van der Waals surface area contributed by atoms with Gasteiger partial charge in [0.25, 0.3) is 6.43 Å². The Morgan fingerprint density at radius 3 is 2.20 bits per heavy atom. The number of nitrogen functional groups attached to an aromatic ring is 1. The first-order chi connectivity index (χ1) is 6.73. The lowest BCUT2D eigenvalue weighted by atomic mass is 10.2. The molecule has 2 N–H and O–H groups in total. The van der Waals surface area contributed by atoms with Gasteiger partial charge in [-0.1, -0.05) is 0 Å². The summed E-state index contributed by atoms with van der Waals surface area (Å²) in [7, 11) is 0. The molecule has 1 aromatic rings. The molecule has 0 atom stereocenters. The van der Waals surface area contributed by atoms with Gasteiger partial charge in [0, 0.05) is 4.47 Å². The Morgan fingerprint density at radius 2 is 1.87 bits per heavy atom. The van der Waals surface area contributed by atoms with Gasteiger partial charge in [-0.25, -0.2) is 13.8 Å². The summed E-state index contributed by atoms with van der Waals surface area (Å²) in [5.41, 5.74) is 2.91. The lowest BCUT2D eigenvalue weighted by Crippen LogP contribution is -2.12. The quantitative estimate of drug-likeness (QED) is 0.805. The SMILES string of the molecule is Nc1nc(C(F)F)cc(Br)c1C(F)(F)F. The fraction of sp³-hybridized carbons (Fsp3) is 0.286. The Morgan fingerprint density at radius 1 is 1.33 bits per heavy atom. The zero-order valence-corrected chi connectivity index (χ0v) is 8.53. The van der Waals surface area contributed by atoms with E-state index in [1.54, 1.807) is 0 Å². The third-order valence-electron chi connectivity index (χ3n) is 1.53. The fourth-order valence-electron chi connectivity index (χ4n) is 0.944. The molecule has 0 unspecified atom stereocenters. The topological polar surface area (TPSA) is 38.9 Å². The maximum atomic E-state index is 12.3. The zero-order valence-electron chi connectivity index (χ0n) is 6.95. The molecule has 0 aliphatic carbocycles. The standard InChI is InChI=1S/C7H4BrF5N2/c8-2-1-3(5(9)10)15-6(14)4(2)7(11,12)13/h1,5H,(H2,14,15). The summed E-state index contributed by atoms with van der Waals surface area (Å²) in [6.07, 6.45) is -7.69. The number of hydrogen-bond acceptors (Lipinski definition) is 2. The van der Waals surface area contributed by atoms with Crippen LogP contribution in [-0.2, 0) is 6.18 Å². The van der Waals surface area contributed by atoms with Crippen LogP contribution in [0, 0.1) is 0 Å². The van der Waals surface area contributed by atoms with Crippen LogP contribution >= 0.6 is 15.9 Å². The van der Waals surface area contributed by atoms with Crippen LogP contribution in [-0.4, -0.2) is 4.98 Å². The lowest BCUT2D eigenvalue weighted by Gasteiger charge is -2.12. The summed E-state index contributed by atoms with van der Waals surface area (Å²) >= 11 is 2.53. The molecular formula is C7H4BrF5N2. The highest BCUT2D eigenvalue weighted by Gasteiger charge is 2.37. The predicted octanol–water partition coefficient (Wildman–Crippen LogP) is 3.38. The van der Waals surface area contributed by atoms with Gasteiger partial charge < -0.3 is 5.73 Å². The van der Waals surface area contributed by atoms with Crippen LogP contribution in [0.5, 0.6) is 0 Å². The summed E-state index contributed by atoms with van der Waals surface area (Å²) < 4.78 is 60.6. The average molecular weight is 291 g/mol. The molecule has 0 spiro atoms. The molecule has 0 aromatic carbocycles. The molecule has 84 valence electrons. The number of rotatable bonds is 1. The van der Waals surface area contributed by atoms with Crippen LogP contribution in [0.1, 0.15) is 17.7 Å². The van der Waals surface area contributed by atoms with Crippen LogP contribution in [0.15, 0.2) is 10.5 Å². The summed E-state index contributed by atoms with van der Waals surface area (Å²) in [5, 5.41) is 0. The molecule has 0 aliphatic heterocycles. The lowest BCUT2D eigenvalue weighted by molar-refractivity contribution is -0.137. The van der Waals surface area contributed by atoms with Gasteiger partial charge in [0.1, 0.15) is 17.1 Å². The molecule has 0 aliphatic rings. The molecular weight excluding hydrogens is 287 g/mol. The maximum absolute atomic E-state index is 12.3. The van der Waals surface area contributed by atoms with Crippen molar-refractivity contribution < 1.29 is 22.0 Å². The molecule has 8 heteroatoms. The van der Waals surface area contributed by atoms with Gasteiger partial charge in [-0.15, -0.1) is 0 Å². The molecule has 1 rings (SSSR count). The van der Waals surface area contributed by atoms with Crippen molar-refractivity contribution in [3.63, 3.8) is 0 Å². The maximum Gasteiger partial charge on any atom is 0.421 e. The van der Waals surface area contributed by atoms with Crippen molar-refractivity contribution in [1.82, 2.24) is 4.98 Å². The van der Waals surface area contributed by atoms with E-state index < -0.39 is 34.1 Å². The number of alkyl halides is 5. The van der Waals surface area contributed by atoms with Crippen molar-refractivity contribution in [2.75, 3.05) is 5.73 Å². The highest BCUT2D eigenvalue weighted by atomic mass is 79.9. The van der Waals surface area contributed by atoms with E-state index in [-0.39, 0.29) is 0 Å². The van der Waals surface area contributed by atoms with Crippen LogP contribution in [0.4, 0.5) is 27.8 Å². The second kappa shape index (κ2) is 3.92. The first-order valence-electron chi connectivity index (χ1n) is 3.54. The summed E-state index contributed by atoms with van der Waals surface area (Å²) in [6.45, 7) is 0. The molecule has 0 bridgehead atoms. The Bertz CT molecular complexity index is 353. The van der Waals surface area contributed by atoms with Gasteiger partial charge in [-0.3, -0.25) is 0 Å². The number of nitrogens with zero attached hydrogens (tertiary/aromatic N) is 1. The van der Waals surface area contributed by atoms with Gasteiger partial charge in [0.15, 0.2) is 0 Å². The van der Waals surface area contributed by atoms with E-state index >= 15 is 0 Å². The van der Waals surface area contributed by atoms with Crippen LogP contribution in [0.2, 0.25) is 0 Å². The number of pyridine rings is 1. The third-order valence-corrected chi connectivity index (χ3v) is 2.15. The smallest absolute Gasteiger partial charge is 0.383 e. The third kappa shape index (κ3) is 2.55. The normalized spacial score (nSPS) is 12.2. The van der Waals surface area contributed by atoms with Crippen LogP contribution in [0.25, 0.3) is 0 Å². The molecule has 0 saturated heterocycles. The monoisotopic (exact) mass is 290 g/mol. The second-order valence-corrected chi connectivity index (χ2v) is 3.44. The Hall–Kier alpha value is -0.920. The van der Waals surface area contributed by atoms with Crippen molar-refractivity contribution in [2.24, 2.45) is 0 Å². The van der Waals surface area contributed by atoms with Gasteiger partial charge in [0.05, 0.1) is 0 Å². The first-order valence-corrected chi connectivity index (χ1v) is 4.34. The number of nitrogens with two attached hydrogens (primary N) is 1. The molecule has 0 radical (unpaired) electrons. The highest BCUT2D eigenvalue weighted by Crippen LogP contribution is 2.39. The molecule has 2 nitrogen and oxygen atoms in total. The minimum Gasteiger partial charge on any atom is -0.383 e. The van der Waals surface area contributed by atoms with Gasteiger partial charge >= 0.3 is 6.18 Å². The van der Waals surface area contributed by atoms with Gasteiger partial charge in [-0.05, 0) is 22.0 Å². The molecule has 1 heterocycles. The van der Waals surface area contributed by atoms with Crippen molar-refractivity contribution in [3.8, 4) is 0 Å². The summed E-state index contributed by atoms with van der Waals surface area (Å²) in [6, 6.07) is 0.601. The molecule has 0 saturated carbocycles. The molecule has 15 heavy (non-hydrogen) atoms. The minimum absolute atomic E-state index is 0.544. The first kappa shape index (κ1) is 12.2. The van der Waals surface area contributed by atoms with E-state index in [2.05, 4.69) is 20.9 Å². The van der Waals surface area contributed by atoms with Gasteiger partial charge in [0.2, 0.25) is 0 Å². The van der Waals surface area contributed by atoms with Crippen molar-refractivity contribution in [2.45, 2.75) is 12.6 Å². The van der Waals surface area contributed by atoms with E-state index in [1.807, 2.05) is 0 Å². The average Bonchev–Trinajstić information content (AvgIpc) is 1.99. The number of aromatic nitrogens is 1. The largest absolute Gasteiger partial charge is 0.421 e. The highest BCUT2D eigenvalue weighted by molar-refractivity contribution is 9.10. The molecule has 0 amide bonds. The summed E-state index contributed by atoms with van der Waals surface area (Å²) in [5.74, 6) is -0.966. The minimum atomic E-state index is -4.73. The van der Waals surface area contributed by atoms with E-state index in [9.17, 15) is 22.0 Å². The molecule has 0 fully saturated rings. The Kier molecular flexibility index (Phi) is 3.17. The van der Waals surface area contributed by atoms with E-state index in [4.69, 9.17) is 5.73 Å². The van der Waals surface area contributed by atoms with Crippen LogP contribution < -0.4 is 5.73 Å². The molecule has 1 aromatic heterocycles. The van der Waals surface area contributed by atoms with Crippen LogP contribution in [0.3, 0.4) is 0 Å². The van der Waals surface area contributed by atoms with Gasteiger partial charge in [-0.2, -0.15) is 13.2 Å². The Labute approximate surface area is 89.4 Å². The van der Waals surface area contributed by atoms with Crippen molar-refractivity contribution in [1.29, 1.82) is 0 Å². The fourth-order valence-corrected chi connectivity index (χ4v) is 1.61. The van der Waals surface area contributed by atoms with E-state index in [0.717, 1.165) is 0 Å². The van der Waals surface area contributed by atoms with Crippen molar-refractivity contribution >= 4 is 21.7 Å². The summed E-state index contributed by atoms with van der Waals surface area (Å²) in [4.78, 5) is 2.98. The van der Waals surface area contributed by atoms with E-state index in [0.29, 0.717) is 6.07 Å². The second-order valence-electron chi connectivity index (χ2n) is 2.59. The number of anilines is 1. The number of halogens is 6.